The van der Waals surface area contributed by atoms with Crippen molar-refractivity contribution in [1.29, 1.82) is 0 Å². The molecule has 2 aliphatic rings. The summed E-state index contributed by atoms with van der Waals surface area (Å²) >= 11 is 0. The molecule has 0 unspecified atom stereocenters. The number of esters is 1. The van der Waals surface area contributed by atoms with Crippen LogP contribution in [0.2, 0.25) is 0 Å². The largest absolute Gasteiger partial charge is 0.480 e. The summed E-state index contributed by atoms with van der Waals surface area (Å²) < 4.78 is 10.7. The van der Waals surface area contributed by atoms with Gasteiger partial charge >= 0.3 is 18.0 Å². The Balaban J connectivity index is 1.23. The number of amides is 2. The topological polar surface area (TPSA) is 156 Å². The van der Waals surface area contributed by atoms with Crippen LogP contribution in [0.1, 0.15) is 63.5 Å². The van der Waals surface area contributed by atoms with Gasteiger partial charge < -0.3 is 25.2 Å². The van der Waals surface area contributed by atoms with Gasteiger partial charge in [-0.2, -0.15) is 10.2 Å². The highest BCUT2D eigenvalue weighted by molar-refractivity contribution is 5.82. The number of carboxylic acid groups (broad SMARTS) is 1. The minimum absolute atomic E-state index is 0.0305. The average molecular weight is 551 g/mol. The summed E-state index contributed by atoms with van der Waals surface area (Å²) in [5.41, 5.74) is 2.64. The van der Waals surface area contributed by atoms with Gasteiger partial charge in [0, 0.05) is 31.7 Å². The number of hydrogen-bond acceptors (Lipinski definition) is 8. The molecule has 0 aromatic heterocycles. The highest BCUT2D eigenvalue weighted by Crippen LogP contribution is 2.44. The summed E-state index contributed by atoms with van der Waals surface area (Å²) in [7, 11) is 0. The minimum Gasteiger partial charge on any atom is -0.480 e. The first-order valence-electron chi connectivity index (χ1n) is 13.2. The number of carboxylic acids is 1. The van der Waals surface area contributed by atoms with Crippen molar-refractivity contribution < 1.29 is 33.8 Å². The standard InChI is InChI=1S/C29H34N4O7/c1-28(2,3)40-25(35)13-12-24(34)30-15-14-29(32-33-29)16-23(26(36)37)31-27(38)39-17-22-20-10-6-4-8-18(20)19-9-5-7-11-21(19)22/h4-11,22-23H,12-17H2,1-3H3,(H,30,34)(H,31,38)(H,36,37)/t23-/m0/s1. The maximum atomic E-state index is 12.6. The van der Waals surface area contributed by atoms with E-state index in [0.29, 0.717) is 0 Å². The lowest BCUT2D eigenvalue weighted by atomic mass is 9.98. The predicted octanol–water partition coefficient (Wildman–Crippen LogP) is 4.16. The van der Waals surface area contributed by atoms with Gasteiger partial charge in [0.25, 0.3) is 0 Å². The minimum atomic E-state index is -1.28. The molecule has 1 heterocycles. The zero-order valence-corrected chi connectivity index (χ0v) is 22.8. The second kappa shape index (κ2) is 11.8. The van der Waals surface area contributed by atoms with E-state index in [1.165, 1.54) is 0 Å². The van der Waals surface area contributed by atoms with Gasteiger partial charge in [0.05, 0.1) is 6.42 Å². The Hall–Kier alpha value is -4.28. The van der Waals surface area contributed by atoms with Crippen molar-refractivity contribution in [3.05, 3.63) is 59.7 Å². The Morgan fingerprint density at radius 2 is 1.57 bits per heavy atom. The van der Waals surface area contributed by atoms with Gasteiger partial charge in [-0.3, -0.25) is 9.59 Å². The lowest BCUT2D eigenvalue weighted by molar-refractivity contribution is -0.155. The van der Waals surface area contributed by atoms with Gasteiger partial charge in [-0.15, -0.1) is 0 Å². The highest BCUT2D eigenvalue weighted by Gasteiger charge is 2.44. The number of nitrogens with one attached hydrogen (secondary N) is 2. The summed E-state index contributed by atoms with van der Waals surface area (Å²) in [6.07, 6.45) is -0.756. The molecule has 11 nitrogen and oxygen atoms in total. The summed E-state index contributed by atoms with van der Waals surface area (Å²) in [4.78, 5) is 48.4. The molecule has 0 fully saturated rings. The maximum absolute atomic E-state index is 12.6. The predicted molar refractivity (Wildman–Crippen MR) is 145 cm³/mol. The maximum Gasteiger partial charge on any atom is 0.407 e. The van der Waals surface area contributed by atoms with Crippen LogP contribution < -0.4 is 10.6 Å². The van der Waals surface area contributed by atoms with Crippen LogP contribution in [-0.2, 0) is 23.9 Å². The molecule has 1 aliphatic heterocycles. The number of fused-ring (bicyclic) bond motifs is 3. The second-order valence-electron chi connectivity index (χ2n) is 10.9. The van der Waals surface area contributed by atoms with Crippen LogP contribution in [-0.4, -0.2) is 59.5 Å². The van der Waals surface area contributed by atoms with Gasteiger partial charge in [-0.1, -0.05) is 48.5 Å². The molecule has 0 saturated heterocycles. The lowest BCUT2D eigenvalue weighted by Crippen LogP contribution is -2.44. The molecule has 2 amide bonds. The fraction of sp³-hybridized carbons (Fsp3) is 0.448. The molecule has 0 radical (unpaired) electrons. The summed E-state index contributed by atoms with van der Waals surface area (Å²) in [5.74, 6) is -2.20. The van der Waals surface area contributed by atoms with Gasteiger partial charge in [-0.25, -0.2) is 9.59 Å². The molecule has 3 N–H and O–H groups in total. The number of carbonyl (C=O) groups excluding carboxylic acids is 3. The van der Waals surface area contributed by atoms with Crippen molar-refractivity contribution >= 4 is 23.9 Å². The van der Waals surface area contributed by atoms with E-state index in [4.69, 9.17) is 9.47 Å². The van der Waals surface area contributed by atoms with E-state index in [-0.39, 0.29) is 50.7 Å². The van der Waals surface area contributed by atoms with Gasteiger partial charge in [-0.05, 0) is 43.0 Å². The van der Waals surface area contributed by atoms with Crippen LogP contribution in [0.4, 0.5) is 4.79 Å². The Morgan fingerprint density at radius 1 is 0.975 bits per heavy atom. The van der Waals surface area contributed by atoms with E-state index < -0.39 is 35.3 Å². The molecule has 2 aromatic rings. The molecule has 1 atom stereocenters. The molecule has 11 heteroatoms. The lowest BCUT2D eigenvalue weighted by Gasteiger charge is -2.20. The quantitative estimate of drug-likeness (QED) is 0.335. The van der Waals surface area contributed by atoms with Crippen molar-refractivity contribution in [3.63, 3.8) is 0 Å². The summed E-state index contributed by atoms with van der Waals surface area (Å²) in [6.45, 7) is 5.48. The van der Waals surface area contributed by atoms with Crippen LogP contribution in [0.5, 0.6) is 0 Å². The van der Waals surface area contributed by atoms with Crippen molar-refractivity contribution in [2.75, 3.05) is 13.2 Å². The number of aliphatic carboxylic acids is 1. The monoisotopic (exact) mass is 550 g/mol. The van der Waals surface area contributed by atoms with E-state index in [9.17, 15) is 24.3 Å². The molecule has 0 spiro atoms. The van der Waals surface area contributed by atoms with Crippen LogP contribution in [0.25, 0.3) is 11.1 Å². The number of ether oxygens (including phenoxy) is 2. The number of carbonyl (C=O) groups is 4. The number of alkyl carbamates (subject to hydrolysis) is 1. The zero-order chi connectivity index (χ0) is 28.9. The normalized spacial score (nSPS) is 15.4. The Morgan fingerprint density at radius 3 is 2.12 bits per heavy atom. The molecule has 40 heavy (non-hydrogen) atoms. The fourth-order valence-electron chi connectivity index (χ4n) is 4.76. The molecular formula is C29H34N4O7. The molecule has 4 rings (SSSR count). The Bertz CT molecular complexity index is 1270. The van der Waals surface area contributed by atoms with E-state index in [1.54, 1.807) is 20.8 Å². The van der Waals surface area contributed by atoms with E-state index >= 15 is 0 Å². The molecular weight excluding hydrogens is 516 g/mol. The van der Waals surface area contributed by atoms with Crippen LogP contribution >= 0.6 is 0 Å². The van der Waals surface area contributed by atoms with Crippen molar-refractivity contribution in [2.45, 2.75) is 69.7 Å². The molecule has 0 saturated carbocycles. The van der Waals surface area contributed by atoms with Gasteiger partial charge in [0.2, 0.25) is 5.91 Å². The third-order valence-electron chi connectivity index (χ3n) is 6.67. The number of benzene rings is 2. The van der Waals surface area contributed by atoms with E-state index in [1.807, 2.05) is 48.5 Å². The van der Waals surface area contributed by atoms with Crippen LogP contribution in [0, 0.1) is 0 Å². The Kier molecular flexibility index (Phi) is 8.51. The molecule has 1 aliphatic carbocycles. The second-order valence-corrected chi connectivity index (χ2v) is 10.9. The molecule has 2 aromatic carbocycles. The van der Waals surface area contributed by atoms with E-state index in [0.717, 1.165) is 22.3 Å². The summed E-state index contributed by atoms with van der Waals surface area (Å²) in [5, 5.41) is 22.8. The van der Waals surface area contributed by atoms with Gasteiger partial charge in [0.1, 0.15) is 18.2 Å². The average Bonchev–Trinajstić information content (AvgIpc) is 3.58. The van der Waals surface area contributed by atoms with Crippen LogP contribution in [0.3, 0.4) is 0 Å². The van der Waals surface area contributed by atoms with E-state index in [2.05, 4.69) is 20.9 Å². The SMILES string of the molecule is CC(C)(C)OC(=O)CCC(=O)NCCC1(C[C@H](NC(=O)OCC2c3ccccc3-c3ccccc32)C(=O)O)N=N1. The molecule has 212 valence electrons. The Labute approximate surface area is 232 Å². The third-order valence-corrected chi connectivity index (χ3v) is 6.67. The smallest absolute Gasteiger partial charge is 0.407 e. The number of nitrogens with zero attached hydrogens (tertiary/aromatic N) is 2. The third kappa shape index (κ3) is 7.43. The first-order valence-corrected chi connectivity index (χ1v) is 13.2. The molecule has 0 bridgehead atoms. The van der Waals surface area contributed by atoms with Gasteiger partial charge in [0.15, 0.2) is 5.66 Å². The van der Waals surface area contributed by atoms with Crippen molar-refractivity contribution in [1.82, 2.24) is 10.6 Å². The van der Waals surface area contributed by atoms with Crippen LogP contribution in [0.15, 0.2) is 58.8 Å². The summed E-state index contributed by atoms with van der Waals surface area (Å²) in [6, 6.07) is 14.6. The first kappa shape index (κ1) is 28.7. The van der Waals surface area contributed by atoms with Crippen molar-refractivity contribution in [3.8, 4) is 11.1 Å². The zero-order valence-electron chi connectivity index (χ0n) is 22.8. The number of rotatable bonds is 12. The highest BCUT2D eigenvalue weighted by atomic mass is 16.6. The number of hydrogen-bond donors (Lipinski definition) is 3. The van der Waals surface area contributed by atoms with Crippen molar-refractivity contribution in [2.24, 2.45) is 10.2 Å². The fourth-order valence-corrected chi connectivity index (χ4v) is 4.76. The first-order chi connectivity index (χ1) is 19.0.